The van der Waals surface area contributed by atoms with Crippen molar-refractivity contribution >= 4 is 28.4 Å². The standard InChI is InChI=1S/C14H10ClFO3S/c15-10-2-4-11(5-3-10)20(19)8-9-1-6-12(14(17)18)13(16)7-9/h1-7H,8H2,(H,17,18). The molecule has 0 saturated heterocycles. The van der Waals surface area contributed by atoms with Crippen LogP contribution in [0.15, 0.2) is 47.4 Å². The molecule has 0 aromatic heterocycles. The molecule has 20 heavy (non-hydrogen) atoms. The number of hydrogen-bond acceptors (Lipinski definition) is 2. The van der Waals surface area contributed by atoms with E-state index in [4.69, 9.17) is 16.7 Å². The molecule has 0 saturated carbocycles. The second kappa shape index (κ2) is 6.15. The van der Waals surface area contributed by atoms with E-state index in [2.05, 4.69) is 0 Å². The summed E-state index contributed by atoms with van der Waals surface area (Å²) < 4.78 is 25.6. The summed E-state index contributed by atoms with van der Waals surface area (Å²) in [4.78, 5) is 11.3. The number of carboxylic acid groups (broad SMARTS) is 1. The summed E-state index contributed by atoms with van der Waals surface area (Å²) in [6.45, 7) is 0. The van der Waals surface area contributed by atoms with Crippen LogP contribution in [0, 0.1) is 5.82 Å². The largest absolute Gasteiger partial charge is 0.478 e. The highest BCUT2D eigenvalue weighted by atomic mass is 35.5. The molecule has 0 aliphatic rings. The smallest absolute Gasteiger partial charge is 0.338 e. The van der Waals surface area contributed by atoms with E-state index in [1.54, 1.807) is 24.3 Å². The number of benzene rings is 2. The van der Waals surface area contributed by atoms with Gasteiger partial charge in [-0.05, 0) is 42.0 Å². The minimum atomic E-state index is -1.34. The van der Waals surface area contributed by atoms with Gasteiger partial charge >= 0.3 is 5.97 Å². The lowest BCUT2D eigenvalue weighted by molar-refractivity contribution is 0.0692. The van der Waals surface area contributed by atoms with Gasteiger partial charge in [-0.2, -0.15) is 0 Å². The molecule has 2 rings (SSSR count). The molecule has 0 heterocycles. The van der Waals surface area contributed by atoms with Crippen molar-refractivity contribution in [3.8, 4) is 0 Å². The molecule has 1 N–H and O–H groups in total. The predicted molar refractivity (Wildman–Crippen MR) is 74.9 cm³/mol. The Kier molecular flexibility index (Phi) is 4.52. The summed E-state index contributed by atoms with van der Waals surface area (Å²) in [5.41, 5.74) is 0.0757. The van der Waals surface area contributed by atoms with Gasteiger partial charge in [-0.15, -0.1) is 0 Å². The lowest BCUT2D eigenvalue weighted by atomic mass is 10.1. The summed E-state index contributed by atoms with van der Waals surface area (Å²) in [7, 11) is -1.34. The maximum atomic E-state index is 13.5. The van der Waals surface area contributed by atoms with Crippen LogP contribution in [0.4, 0.5) is 4.39 Å². The maximum absolute atomic E-state index is 13.5. The van der Waals surface area contributed by atoms with Crippen molar-refractivity contribution in [2.45, 2.75) is 10.6 Å². The van der Waals surface area contributed by atoms with E-state index in [1.165, 1.54) is 12.1 Å². The molecule has 0 aliphatic heterocycles. The van der Waals surface area contributed by atoms with Crippen molar-refractivity contribution in [3.63, 3.8) is 0 Å². The van der Waals surface area contributed by atoms with Crippen molar-refractivity contribution < 1.29 is 18.5 Å². The first kappa shape index (κ1) is 14.7. The molecule has 2 aromatic rings. The highest BCUT2D eigenvalue weighted by Crippen LogP contribution is 2.17. The van der Waals surface area contributed by atoms with E-state index >= 15 is 0 Å². The number of aromatic carboxylic acids is 1. The SMILES string of the molecule is O=C(O)c1ccc(CS(=O)c2ccc(Cl)cc2)cc1F. The Bertz CT molecular complexity index is 671. The lowest BCUT2D eigenvalue weighted by Gasteiger charge is -2.04. The van der Waals surface area contributed by atoms with E-state index in [1.807, 2.05) is 0 Å². The van der Waals surface area contributed by atoms with E-state index < -0.39 is 28.1 Å². The van der Waals surface area contributed by atoms with E-state index in [0.717, 1.165) is 6.07 Å². The molecule has 3 nitrogen and oxygen atoms in total. The van der Waals surface area contributed by atoms with Gasteiger partial charge in [0, 0.05) is 9.92 Å². The first-order chi connectivity index (χ1) is 9.47. The van der Waals surface area contributed by atoms with E-state index in [9.17, 15) is 13.4 Å². The second-order valence-corrected chi connectivity index (χ2v) is 5.95. The molecule has 0 fully saturated rings. The van der Waals surface area contributed by atoms with Gasteiger partial charge < -0.3 is 5.11 Å². The summed E-state index contributed by atoms with van der Waals surface area (Å²) in [5.74, 6) is -2.05. The van der Waals surface area contributed by atoms with Gasteiger partial charge in [0.15, 0.2) is 0 Å². The minimum absolute atomic E-state index is 0.110. The van der Waals surface area contributed by atoms with E-state index in [-0.39, 0.29) is 5.75 Å². The summed E-state index contributed by atoms with van der Waals surface area (Å²) in [6.07, 6.45) is 0. The molecule has 0 amide bonds. The van der Waals surface area contributed by atoms with Crippen LogP contribution >= 0.6 is 11.6 Å². The Morgan fingerprint density at radius 3 is 2.40 bits per heavy atom. The van der Waals surface area contributed by atoms with Crippen molar-refractivity contribution in [1.82, 2.24) is 0 Å². The predicted octanol–water partition coefficient (Wildman–Crippen LogP) is 3.49. The molecule has 0 bridgehead atoms. The van der Waals surface area contributed by atoms with Crippen LogP contribution in [-0.4, -0.2) is 15.3 Å². The molecule has 6 heteroatoms. The molecule has 104 valence electrons. The molecule has 1 atom stereocenters. The van der Waals surface area contributed by atoms with Crippen molar-refractivity contribution in [2.24, 2.45) is 0 Å². The zero-order valence-corrected chi connectivity index (χ0v) is 11.7. The average molecular weight is 313 g/mol. The monoisotopic (exact) mass is 312 g/mol. The van der Waals surface area contributed by atoms with Gasteiger partial charge in [-0.1, -0.05) is 17.7 Å². The Balaban J connectivity index is 2.18. The van der Waals surface area contributed by atoms with Crippen LogP contribution in [0.3, 0.4) is 0 Å². The van der Waals surface area contributed by atoms with Gasteiger partial charge in [-0.25, -0.2) is 9.18 Å². The van der Waals surface area contributed by atoms with Gasteiger partial charge in [-0.3, -0.25) is 4.21 Å². The van der Waals surface area contributed by atoms with Crippen LogP contribution in [0.2, 0.25) is 5.02 Å². The molecular formula is C14H10ClFO3S. The third kappa shape index (κ3) is 3.43. The van der Waals surface area contributed by atoms with Gasteiger partial charge in [0.25, 0.3) is 0 Å². The third-order valence-electron chi connectivity index (χ3n) is 2.64. The fourth-order valence-corrected chi connectivity index (χ4v) is 2.86. The topological polar surface area (TPSA) is 54.4 Å². The third-order valence-corrected chi connectivity index (χ3v) is 4.28. The molecule has 2 aromatic carbocycles. The van der Waals surface area contributed by atoms with Crippen molar-refractivity contribution in [3.05, 3.63) is 64.4 Å². The van der Waals surface area contributed by atoms with Gasteiger partial charge in [0.1, 0.15) is 5.82 Å². The Labute approximate surface area is 122 Å². The molecule has 0 spiro atoms. The molecular weight excluding hydrogens is 303 g/mol. The summed E-state index contributed by atoms with van der Waals surface area (Å²) in [6, 6.07) is 10.3. The minimum Gasteiger partial charge on any atom is -0.478 e. The van der Waals surface area contributed by atoms with Gasteiger partial charge in [0.2, 0.25) is 0 Å². The quantitative estimate of drug-likeness (QED) is 0.940. The first-order valence-electron chi connectivity index (χ1n) is 5.63. The number of carbonyl (C=O) groups is 1. The zero-order valence-electron chi connectivity index (χ0n) is 10.2. The van der Waals surface area contributed by atoms with Gasteiger partial charge in [0.05, 0.1) is 22.1 Å². The number of rotatable bonds is 4. The van der Waals surface area contributed by atoms with Crippen LogP contribution in [0.5, 0.6) is 0 Å². The Morgan fingerprint density at radius 2 is 1.85 bits per heavy atom. The fraction of sp³-hybridized carbons (Fsp3) is 0.0714. The lowest BCUT2D eigenvalue weighted by Crippen LogP contribution is -2.03. The highest BCUT2D eigenvalue weighted by Gasteiger charge is 2.12. The van der Waals surface area contributed by atoms with Crippen LogP contribution in [-0.2, 0) is 16.6 Å². The van der Waals surface area contributed by atoms with Crippen LogP contribution < -0.4 is 0 Å². The van der Waals surface area contributed by atoms with Crippen molar-refractivity contribution in [1.29, 1.82) is 0 Å². The van der Waals surface area contributed by atoms with Crippen LogP contribution in [0.1, 0.15) is 15.9 Å². The summed E-state index contributed by atoms with van der Waals surface area (Å²) in [5, 5.41) is 9.27. The second-order valence-electron chi connectivity index (χ2n) is 4.06. The Hall–Kier alpha value is -1.72. The van der Waals surface area contributed by atoms with Crippen molar-refractivity contribution in [2.75, 3.05) is 0 Å². The normalized spacial score (nSPS) is 12.1. The zero-order chi connectivity index (χ0) is 14.7. The Morgan fingerprint density at radius 1 is 1.20 bits per heavy atom. The fourth-order valence-electron chi connectivity index (χ4n) is 1.64. The number of halogens is 2. The number of hydrogen-bond donors (Lipinski definition) is 1. The molecule has 0 radical (unpaired) electrons. The van der Waals surface area contributed by atoms with E-state index in [0.29, 0.717) is 15.5 Å². The maximum Gasteiger partial charge on any atom is 0.338 e. The highest BCUT2D eigenvalue weighted by molar-refractivity contribution is 7.84. The summed E-state index contributed by atoms with van der Waals surface area (Å²) >= 11 is 5.74. The first-order valence-corrected chi connectivity index (χ1v) is 7.33. The molecule has 0 aliphatic carbocycles. The van der Waals surface area contributed by atoms with Crippen LogP contribution in [0.25, 0.3) is 0 Å². The molecule has 1 unspecified atom stereocenters. The number of carboxylic acids is 1. The average Bonchev–Trinajstić information content (AvgIpc) is 2.39.